The summed E-state index contributed by atoms with van der Waals surface area (Å²) in [4.78, 5) is 11.8. The predicted molar refractivity (Wildman–Crippen MR) is 73.3 cm³/mol. The van der Waals surface area contributed by atoms with Gasteiger partial charge in [0.1, 0.15) is 12.4 Å². The molecule has 98 valence electrons. The highest BCUT2D eigenvalue weighted by atomic mass is 16.5. The van der Waals surface area contributed by atoms with Crippen LogP contribution < -0.4 is 4.74 Å². The maximum absolute atomic E-state index is 11.8. The minimum Gasteiger partial charge on any atom is -0.497 e. The smallest absolute Gasteiger partial charge is 0.338 e. The van der Waals surface area contributed by atoms with Crippen LogP contribution in [-0.2, 0) is 11.3 Å². The minimum absolute atomic E-state index is 0.283. The van der Waals surface area contributed by atoms with E-state index in [1.54, 1.807) is 31.4 Å². The van der Waals surface area contributed by atoms with Crippen molar-refractivity contribution in [2.45, 2.75) is 13.5 Å². The number of ether oxygens (including phenoxy) is 2. The molecule has 0 radical (unpaired) electrons. The second-order valence-corrected chi connectivity index (χ2v) is 4.29. The maximum Gasteiger partial charge on any atom is 0.338 e. The molecule has 0 bridgehead atoms. The van der Waals surface area contributed by atoms with Crippen molar-refractivity contribution in [1.82, 2.24) is 0 Å². The summed E-state index contributed by atoms with van der Waals surface area (Å²) in [5.41, 5.74) is 2.69. The third-order valence-corrected chi connectivity index (χ3v) is 2.82. The first kappa shape index (κ1) is 13.1. The Morgan fingerprint density at radius 1 is 1.00 bits per heavy atom. The van der Waals surface area contributed by atoms with Gasteiger partial charge in [-0.15, -0.1) is 0 Å². The molecule has 2 rings (SSSR count). The second kappa shape index (κ2) is 6.05. The van der Waals surface area contributed by atoms with E-state index in [-0.39, 0.29) is 12.6 Å². The molecule has 3 heteroatoms. The summed E-state index contributed by atoms with van der Waals surface area (Å²) in [6.07, 6.45) is 0. The lowest BCUT2D eigenvalue weighted by Gasteiger charge is -2.06. The zero-order chi connectivity index (χ0) is 13.7. The van der Waals surface area contributed by atoms with Crippen LogP contribution in [0.3, 0.4) is 0 Å². The first-order chi connectivity index (χ1) is 9.19. The Bertz CT molecular complexity index is 541. The molecule has 3 nitrogen and oxygen atoms in total. The van der Waals surface area contributed by atoms with Crippen LogP contribution in [-0.4, -0.2) is 13.1 Å². The van der Waals surface area contributed by atoms with Gasteiger partial charge >= 0.3 is 5.97 Å². The largest absolute Gasteiger partial charge is 0.497 e. The number of aryl methyl sites for hydroxylation is 1. The molecule has 2 aromatic rings. The van der Waals surface area contributed by atoms with Gasteiger partial charge in [0.15, 0.2) is 0 Å². The van der Waals surface area contributed by atoms with Crippen molar-refractivity contribution in [3.8, 4) is 5.75 Å². The van der Waals surface area contributed by atoms with Crippen LogP contribution in [0.4, 0.5) is 0 Å². The quantitative estimate of drug-likeness (QED) is 0.787. The number of carbonyl (C=O) groups excluding carboxylic acids is 1. The van der Waals surface area contributed by atoms with Crippen LogP contribution in [0.25, 0.3) is 0 Å². The van der Waals surface area contributed by atoms with E-state index >= 15 is 0 Å². The Balaban J connectivity index is 1.95. The Hall–Kier alpha value is -2.29. The van der Waals surface area contributed by atoms with Crippen LogP contribution in [0.5, 0.6) is 5.75 Å². The van der Waals surface area contributed by atoms with Gasteiger partial charge in [-0.25, -0.2) is 4.79 Å². The van der Waals surface area contributed by atoms with Crippen LogP contribution in [0, 0.1) is 6.92 Å². The van der Waals surface area contributed by atoms with Crippen LogP contribution in [0.1, 0.15) is 21.5 Å². The third kappa shape index (κ3) is 3.58. The van der Waals surface area contributed by atoms with E-state index < -0.39 is 0 Å². The fourth-order valence-corrected chi connectivity index (χ4v) is 1.64. The number of methoxy groups -OCH3 is 1. The fraction of sp³-hybridized carbons (Fsp3) is 0.188. The normalized spacial score (nSPS) is 10.0. The van der Waals surface area contributed by atoms with Gasteiger partial charge in [0, 0.05) is 0 Å². The molecule has 0 aliphatic rings. The van der Waals surface area contributed by atoms with Gasteiger partial charge in [0.2, 0.25) is 0 Å². The van der Waals surface area contributed by atoms with Crippen molar-refractivity contribution in [2.75, 3.05) is 7.11 Å². The van der Waals surface area contributed by atoms with Crippen molar-refractivity contribution in [3.63, 3.8) is 0 Å². The number of benzene rings is 2. The highest BCUT2D eigenvalue weighted by molar-refractivity contribution is 5.89. The first-order valence-corrected chi connectivity index (χ1v) is 6.06. The van der Waals surface area contributed by atoms with E-state index in [1.165, 1.54) is 5.56 Å². The summed E-state index contributed by atoms with van der Waals surface area (Å²) < 4.78 is 10.3. The molecular weight excluding hydrogens is 240 g/mol. The topological polar surface area (TPSA) is 35.5 Å². The van der Waals surface area contributed by atoms with Crippen molar-refractivity contribution < 1.29 is 14.3 Å². The Morgan fingerprint density at radius 2 is 1.63 bits per heavy atom. The number of hydrogen-bond donors (Lipinski definition) is 0. The molecule has 0 aliphatic heterocycles. The average molecular weight is 256 g/mol. The predicted octanol–water partition coefficient (Wildman–Crippen LogP) is 3.36. The molecule has 19 heavy (non-hydrogen) atoms. The van der Waals surface area contributed by atoms with E-state index in [0.29, 0.717) is 5.56 Å². The third-order valence-electron chi connectivity index (χ3n) is 2.82. The van der Waals surface area contributed by atoms with Crippen molar-refractivity contribution in [2.24, 2.45) is 0 Å². The SMILES string of the molecule is COc1ccc(C(=O)OCc2ccc(C)cc2)cc1. The summed E-state index contributed by atoms with van der Waals surface area (Å²) in [6.45, 7) is 2.30. The molecule has 0 aromatic heterocycles. The van der Waals surface area contributed by atoms with Crippen LogP contribution in [0.2, 0.25) is 0 Å². The molecule has 0 saturated heterocycles. The monoisotopic (exact) mass is 256 g/mol. The van der Waals surface area contributed by atoms with Crippen molar-refractivity contribution in [1.29, 1.82) is 0 Å². The van der Waals surface area contributed by atoms with Crippen LogP contribution >= 0.6 is 0 Å². The summed E-state index contributed by atoms with van der Waals surface area (Å²) in [5, 5.41) is 0. The number of rotatable bonds is 4. The van der Waals surface area contributed by atoms with Gasteiger partial charge in [-0.3, -0.25) is 0 Å². The summed E-state index contributed by atoms with van der Waals surface area (Å²) in [6, 6.07) is 14.8. The molecular formula is C16H16O3. The van der Waals surface area contributed by atoms with Gasteiger partial charge in [0.05, 0.1) is 12.7 Å². The molecule has 0 atom stereocenters. The molecule has 0 N–H and O–H groups in total. The van der Waals surface area contributed by atoms with E-state index in [4.69, 9.17) is 9.47 Å². The van der Waals surface area contributed by atoms with E-state index in [1.807, 2.05) is 31.2 Å². The highest BCUT2D eigenvalue weighted by Crippen LogP contribution is 2.13. The van der Waals surface area contributed by atoms with Crippen molar-refractivity contribution in [3.05, 3.63) is 65.2 Å². The lowest BCUT2D eigenvalue weighted by atomic mass is 10.2. The van der Waals surface area contributed by atoms with Gasteiger partial charge in [-0.05, 0) is 36.8 Å². The Labute approximate surface area is 112 Å². The summed E-state index contributed by atoms with van der Waals surface area (Å²) in [7, 11) is 1.59. The number of esters is 1. The minimum atomic E-state index is -0.330. The lowest BCUT2D eigenvalue weighted by molar-refractivity contribution is 0.0472. The zero-order valence-electron chi connectivity index (χ0n) is 11.1. The molecule has 0 spiro atoms. The zero-order valence-corrected chi connectivity index (χ0v) is 11.1. The average Bonchev–Trinajstić information content (AvgIpc) is 2.46. The van der Waals surface area contributed by atoms with Gasteiger partial charge < -0.3 is 9.47 Å². The number of carbonyl (C=O) groups is 1. The van der Waals surface area contributed by atoms with Crippen LogP contribution in [0.15, 0.2) is 48.5 Å². The van der Waals surface area contributed by atoms with Gasteiger partial charge in [0.25, 0.3) is 0 Å². The number of hydrogen-bond acceptors (Lipinski definition) is 3. The summed E-state index contributed by atoms with van der Waals surface area (Å²) >= 11 is 0. The molecule has 0 saturated carbocycles. The lowest BCUT2D eigenvalue weighted by Crippen LogP contribution is -2.05. The molecule has 0 unspecified atom stereocenters. The highest BCUT2D eigenvalue weighted by Gasteiger charge is 2.07. The molecule has 0 heterocycles. The Morgan fingerprint density at radius 3 is 2.21 bits per heavy atom. The Kier molecular flexibility index (Phi) is 4.18. The molecule has 2 aromatic carbocycles. The van der Waals surface area contributed by atoms with E-state index in [2.05, 4.69) is 0 Å². The second-order valence-electron chi connectivity index (χ2n) is 4.29. The van der Waals surface area contributed by atoms with Gasteiger partial charge in [-0.1, -0.05) is 29.8 Å². The summed E-state index contributed by atoms with van der Waals surface area (Å²) in [5.74, 6) is 0.387. The first-order valence-electron chi connectivity index (χ1n) is 6.06. The van der Waals surface area contributed by atoms with Gasteiger partial charge in [-0.2, -0.15) is 0 Å². The fourth-order valence-electron chi connectivity index (χ4n) is 1.64. The maximum atomic E-state index is 11.8. The molecule has 0 amide bonds. The van der Waals surface area contributed by atoms with E-state index in [9.17, 15) is 4.79 Å². The van der Waals surface area contributed by atoms with E-state index in [0.717, 1.165) is 11.3 Å². The molecule has 0 fully saturated rings. The van der Waals surface area contributed by atoms with Crippen molar-refractivity contribution >= 4 is 5.97 Å². The molecule has 0 aliphatic carbocycles. The standard InChI is InChI=1S/C16H16O3/c1-12-3-5-13(6-4-12)11-19-16(17)14-7-9-15(18-2)10-8-14/h3-10H,11H2,1-2H3.